The summed E-state index contributed by atoms with van der Waals surface area (Å²) in [5, 5.41) is 3.39. The van der Waals surface area contributed by atoms with Crippen LogP contribution in [-0.4, -0.2) is 76.4 Å². The van der Waals surface area contributed by atoms with Gasteiger partial charge in [0.2, 0.25) is 0 Å². The molecule has 0 bridgehead atoms. The molecule has 0 amide bonds. The minimum atomic E-state index is 0.757. The van der Waals surface area contributed by atoms with Crippen molar-refractivity contribution in [1.29, 1.82) is 0 Å². The molecular formula is C13H29N3O. The Kier molecular flexibility index (Phi) is 7.77. The Hall–Kier alpha value is -0.160. The topological polar surface area (TPSA) is 27.7 Å². The number of hydrogen-bond donors (Lipinski definition) is 1. The molecule has 4 heteroatoms. The quantitative estimate of drug-likeness (QED) is 0.633. The number of piperidine rings is 1. The van der Waals surface area contributed by atoms with Gasteiger partial charge in [0.05, 0.1) is 6.61 Å². The maximum absolute atomic E-state index is 5.00. The standard InChI is InChI=1S/C13H29N3O/c1-15-9-4-6-13(12-15)16(2)10-5-7-14-8-11-17-3/h13-14H,4-12H2,1-3H3. The third-order valence-electron chi connectivity index (χ3n) is 3.57. The van der Waals surface area contributed by atoms with Gasteiger partial charge in [0.25, 0.3) is 0 Å². The highest BCUT2D eigenvalue weighted by Gasteiger charge is 2.20. The van der Waals surface area contributed by atoms with Crippen LogP contribution in [0.15, 0.2) is 0 Å². The van der Waals surface area contributed by atoms with E-state index in [0.29, 0.717) is 0 Å². The number of nitrogens with one attached hydrogen (secondary N) is 1. The van der Waals surface area contributed by atoms with Crippen LogP contribution in [0, 0.1) is 0 Å². The van der Waals surface area contributed by atoms with Crippen LogP contribution < -0.4 is 5.32 Å². The van der Waals surface area contributed by atoms with E-state index in [9.17, 15) is 0 Å². The van der Waals surface area contributed by atoms with Gasteiger partial charge in [-0.2, -0.15) is 0 Å². The molecule has 1 aliphatic rings. The van der Waals surface area contributed by atoms with Gasteiger partial charge < -0.3 is 19.9 Å². The van der Waals surface area contributed by atoms with Gasteiger partial charge in [-0.3, -0.25) is 0 Å². The average Bonchev–Trinajstić information content (AvgIpc) is 2.33. The highest BCUT2D eigenvalue weighted by atomic mass is 16.5. The SMILES string of the molecule is COCCNCCCN(C)C1CCCN(C)C1. The summed E-state index contributed by atoms with van der Waals surface area (Å²) in [4.78, 5) is 4.97. The van der Waals surface area contributed by atoms with E-state index in [4.69, 9.17) is 4.74 Å². The molecule has 1 unspecified atom stereocenters. The van der Waals surface area contributed by atoms with E-state index in [0.717, 1.165) is 25.7 Å². The maximum atomic E-state index is 5.00. The fourth-order valence-corrected chi connectivity index (χ4v) is 2.43. The highest BCUT2D eigenvalue weighted by molar-refractivity contribution is 4.77. The molecule has 0 aromatic heterocycles. The number of hydrogen-bond acceptors (Lipinski definition) is 4. The fraction of sp³-hybridized carbons (Fsp3) is 1.00. The normalized spacial score (nSPS) is 22.2. The lowest BCUT2D eigenvalue weighted by Crippen LogP contribution is -2.45. The number of ether oxygens (including phenoxy) is 1. The molecular weight excluding hydrogens is 214 g/mol. The number of likely N-dealkylation sites (N-methyl/N-ethyl adjacent to an activating group) is 2. The van der Waals surface area contributed by atoms with Crippen LogP contribution in [0.3, 0.4) is 0 Å². The van der Waals surface area contributed by atoms with Gasteiger partial charge in [-0.1, -0.05) is 0 Å². The van der Waals surface area contributed by atoms with Gasteiger partial charge in [-0.05, 0) is 53.0 Å². The van der Waals surface area contributed by atoms with E-state index in [1.165, 1.54) is 38.9 Å². The van der Waals surface area contributed by atoms with Crippen LogP contribution >= 0.6 is 0 Å². The van der Waals surface area contributed by atoms with Crippen molar-refractivity contribution in [2.75, 3.05) is 60.5 Å². The third kappa shape index (κ3) is 6.36. The van der Waals surface area contributed by atoms with Gasteiger partial charge in [0.15, 0.2) is 0 Å². The minimum Gasteiger partial charge on any atom is -0.383 e. The molecule has 1 atom stereocenters. The van der Waals surface area contributed by atoms with Crippen molar-refractivity contribution in [1.82, 2.24) is 15.1 Å². The first-order chi connectivity index (χ1) is 8.24. The maximum Gasteiger partial charge on any atom is 0.0587 e. The summed E-state index contributed by atoms with van der Waals surface area (Å²) in [6.07, 6.45) is 3.93. The molecule has 4 nitrogen and oxygen atoms in total. The first-order valence-electron chi connectivity index (χ1n) is 6.82. The molecule has 0 radical (unpaired) electrons. The Morgan fingerprint density at radius 1 is 1.41 bits per heavy atom. The zero-order valence-corrected chi connectivity index (χ0v) is 11.7. The van der Waals surface area contributed by atoms with Gasteiger partial charge >= 0.3 is 0 Å². The molecule has 0 saturated carbocycles. The summed E-state index contributed by atoms with van der Waals surface area (Å²) in [5.41, 5.74) is 0. The smallest absolute Gasteiger partial charge is 0.0587 e. The molecule has 1 saturated heterocycles. The number of rotatable bonds is 8. The molecule has 102 valence electrons. The molecule has 1 fully saturated rings. The second-order valence-electron chi connectivity index (χ2n) is 5.14. The van der Waals surface area contributed by atoms with E-state index in [1.807, 2.05) is 0 Å². The summed E-state index contributed by atoms with van der Waals surface area (Å²) in [5.74, 6) is 0. The first kappa shape index (κ1) is 14.9. The largest absolute Gasteiger partial charge is 0.383 e. The Morgan fingerprint density at radius 3 is 2.94 bits per heavy atom. The summed E-state index contributed by atoms with van der Waals surface area (Å²) >= 11 is 0. The fourth-order valence-electron chi connectivity index (χ4n) is 2.43. The predicted molar refractivity (Wildman–Crippen MR) is 72.5 cm³/mol. The Labute approximate surface area is 106 Å². The molecule has 17 heavy (non-hydrogen) atoms. The summed E-state index contributed by atoms with van der Waals surface area (Å²) in [6, 6.07) is 0.757. The van der Waals surface area contributed by atoms with Crippen LogP contribution in [-0.2, 0) is 4.74 Å². The molecule has 0 spiro atoms. The monoisotopic (exact) mass is 243 g/mol. The van der Waals surface area contributed by atoms with Gasteiger partial charge in [0, 0.05) is 26.2 Å². The lowest BCUT2D eigenvalue weighted by atomic mass is 10.1. The first-order valence-corrected chi connectivity index (χ1v) is 6.82. The average molecular weight is 243 g/mol. The summed E-state index contributed by atoms with van der Waals surface area (Å²) in [7, 11) is 6.24. The Bertz CT molecular complexity index is 190. The van der Waals surface area contributed by atoms with Crippen molar-refractivity contribution in [3.63, 3.8) is 0 Å². The molecule has 0 aromatic carbocycles. The van der Waals surface area contributed by atoms with Crippen LogP contribution in [0.4, 0.5) is 0 Å². The Balaban J connectivity index is 2.02. The molecule has 0 aliphatic carbocycles. The van der Waals surface area contributed by atoms with Crippen molar-refractivity contribution >= 4 is 0 Å². The third-order valence-corrected chi connectivity index (χ3v) is 3.57. The molecule has 1 aliphatic heterocycles. The highest BCUT2D eigenvalue weighted by Crippen LogP contribution is 2.13. The molecule has 1 rings (SSSR count). The van der Waals surface area contributed by atoms with Gasteiger partial charge in [-0.25, -0.2) is 0 Å². The van der Waals surface area contributed by atoms with E-state index in [1.54, 1.807) is 7.11 Å². The van der Waals surface area contributed by atoms with Gasteiger partial charge in [-0.15, -0.1) is 0 Å². The lowest BCUT2D eigenvalue weighted by Gasteiger charge is -2.35. The van der Waals surface area contributed by atoms with Crippen molar-refractivity contribution in [2.24, 2.45) is 0 Å². The van der Waals surface area contributed by atoms with Crippen LogP contribution in [0.5, 0.6) is 0 Å². The Morgan fingerprint density at radius 2 is 2.24 bits per heavy atom. The molecule has 1 heterocycles. The number of likely N-dealkylation sites (tertiary alicyclic amines) is 1. The minimum absolute atomic E-state index is 0.757. The number of nitrogens with zero attached hydrogens (tertiary/aromatic N) is 2. The van der Waals surface area contributed by atoms with E-state index in [2.05, 4.69) is 29.2 Å². The van der Waals surface area contributed by atoms with E-state index >= 15 is 0 Å². The van der Waals surface area contributed by atoms with Crippen LogP contribution in [0.2, 0.25) is 0 Å². The van der Waals surface area contributed by atoms with Gasteiger partial charge in [0.1, 0.15) is 0 Å². The van der Waals surface area contributed by atoms with E-state index < -0.39 is 0 Å². The predicted octanol–water partition coefficient (Wildman–Crippen LogP) is 0.639. The van der Waals surface area contributed by atoms with Crippen molar-refractivity contribution < 1.29 is 4.74 Å². The van der Waals surface area contributed by atoms with Crippen LogP contribution in [0.1, 0.15) is 19.3 Å². The second-order valence-corrected chi connectivity index (χ2v) is 5.14. The van der Waals surface area contributed by atoms with E-state index in [-0.39, 0.29) is 0 Å². The second kappa shape index (κ2) is 8.86. The van der Waals surface area contributed by atoms with Crippen molar-refractivity contribution in [2.45, 2.75) is 25.3 Å². The zero-order chi connectivity index (χ0) is 12.5. The number of methoxy groups -OCH3 is 1. The van der Waals surface area contributed by atoms with Crippen molar-refractivity contribution in [3.8, 4) is 0 Å². The zero-order valence-electron chi connectivity index (χ0n) is 11.7. The lowest BCUT2D eigenvalue weighted by molar-refractivity contribution is 0.133. The summed E-state index contributed by atoms with van der Waals surface area (Å²) in [6.45, 7) is 6.56. The van der Waals surface area contributed by atoms with Crippen LogP contribution in [0.25, 0.3) is 0 Å². The summed E-state index contributed by atoms with van der Waals surface area (Å²) < 4.78 is 5.00. The molecule has 0 aromatic rings. The van der Waals surface area contributed by atoms with Crippen molar-refractivity contribution in [3.05, 3.63) is 0 Å². The molecule has 1 N–H and O–H groups in total.